The summed E-state index contributed by atoms with van der Waals surface area (Å²) in [5, 5.41) is -1.07. The van der Waals surface area contributed by atoms with Crippen molar-refractivity contribution in [3.05, 3.63) is 27.5 Å². The number of aromatic amines is 1. The van der Waals surface area contributed by atoms with Gasteiger partial charge in [-0.05, 0) is 18.5 Å². The monoisotopic (exact) mass is 255 g/mol. The smallest absolute Gasteiger partial charge is 0.390 e. The van der Waals surface area contributed by atoms with E-state index in [2.05, 4.69) is 4.74 Å². The number of hydrogen-bond donors (Lipinski definition) is 1. The third-order valence-electron chi connectivity index (χ3n) is 1.68. The number of rotatable bonds is 2. The Labute approximate surface area is 92.0 Å². The zero-order valence-electron chi connectivity index (χ0n) is 7.81. The normalized spacial score (nSPS) is 11.3. The molecule has 1 aromatic rings. The van der Waals surface area contributed by atoms with Gasteiger partial charge in [0.05, 0.1) is 0 Å². The Bertz CT molecular complexity index is 480. The molecule has 1 rings (SSSR count). The molecule has 0 aromatic carbocycles. The number of nitrogens with one attached hydrogen (secondary N) is 1. The summed E-state index contributed by atoms with van der Waals surface area (Å²) in [4.78, 5) is 24.0. The van der Waals surface area contributed by atoms with Gasteiger partial charge in [0.2, 0.25) is 5.88 Å². The van der Waals surface area contributed by atoms with Gasteiger partial charge in [0.25, 0.3) is 5.24 Å². The highest BCUT2D eigenvalue weighted by Crippen LogP contribution is 2.20. The lowest BCUT2D eigenvalue weighted by atomic mass is 10.2. The fourth-order valence-electron chi connectivity index (χ4n) is 0.980. The molecule has 1 N–H and O–H groups in total. The number of hydrogen-bond acceptors (Lipinski definition) is 3. The summed E-state index contributed by atoms with van der Waals surface area (Å²) in [5.41, 5.74) is -1.27. The second-order valence-corrected chi connectivity index (χ2v) is 3.16. The quantitative estimate of drug-likeness (QED) is 0.822. The standard InChI is InChI=1S/C8H5ClF3NO3/c1-3-4(14)2-5(16-8(10,11)12)13-6(3)7(9)15/h2H,1H3,(H,13,14). The number of carbonyl (C=O) groups excluding carboxylic acids is 1. The molecule has 0 aliphatic heterocycles. The van der Waals surface area contributed by atoms with Crippen LogP contribution in [0.1, 0.15) is 16.1 Å². The first-order valence-electron chi connectivity index (χ1n) is 3.90. The second-order valence-electron chi connectivity index (χ2n) is 2.82. The Morgan fingerprint density at radius 3 is 2.50 bits per heavy atom. The van der Waals surface area contributed by atoms with Crippen molar-refractivity contribution in [3.8, 4) is 5.88 Å². The van der Waals surface area contributed by atoms with Crippen LogP contribution in [0.15, 0.2) is 10.9 Å². The lowest BCUT2D eigenvalue weighted by molar-refractivity contribution is -0.276. The predicted octanol–water partition coefficient (Wildman–Crippen LogP) is 1.96. The van der Waals surface area contributed by atoms with E-state index >= 15 is 0 Å². The zero-order valence-corrected chi connectivity index (χ0v) is 8.57. The molecule has 0 spiro atoms. The van der Waals surface area contributed by atoms with Crippen molar-refractivity contribution in [2.75, 3.05) is 0 Å². The van der Waals surface area contributed by atoms with Gasteiger partial charge in [-0.15, -0.1) is 13.2 Å². The molecule has 0 aliphatic carbocycles. The first-order valence-corrected chi connectivity index (χ1v) is 4.28. The first-order chi connectivity index (χ1) is 7.20. The van der Waals surface area contributed by atoms with Crippen LogP contribution in [0.3, 0.4) is 0 Å². The van der Waals surface area contributed by atoms with Crippen molar-refractivity contribution in [3.63, 3.8) is 0 Å². The van der Waals surface area contributed by atoms with Gasteiger partial charge in [-0.25, -0.2) is 0 Å². The first kappa shape index (κ1) is 12.6. The van der Waals surface area contributed by atoms with Crippen LogP contribution in [-0.2, 0) is 0 Å². The largest absolute Gasteiger partial charge is 0.574 e. The van der Waals surface area contributed by atoms with Crippen molar-refractivity contribution in [2.24, 2.45) is 0 Å². The summed E-state index contributed by atoms with van der Waals surface area (Å²) < 4.78 is 39.0. The van der Waals surface area contributed by atoms with Gasteiger partial charge >= 0.3 is 6.36 Å². The molecule has 0 saturated carbocycles. The van der Waals surface area contributed by atoms with E-state index in [1.54, 1.807) is 0 Å². The lowest BCUT2D eigenvalue weighted by Crippen LogP contribution is -2.21. The molecule has 1 heterocycles. The van der Waals surface area contributed by atoms with Crippen LogP contribution in [0.25, 0.3) is 0 Å². The molecule has 4 nitrogen and oxygen atoms in total. The van der Waals surface area contributed by atoms with Crippen LogP contribution < -0.4 is 10.2 Å². The van der Waals surface area contributed by atoms with Crippen molar-refractivity contribution < 1.29 is 22.7 Å². The topological polar surface area (TPSA) is 59.2 Å². The molecule has 8 heteroatoms. The Balaban J connectivity index is 3.25. The van der Waals surface area contributed by atoms with Crippen molar-refractivity contribution in [2.45, 2.75) is 13.3 Å². The van der Waals surface area contributed by atoms with Crippen LogP contribution >= 0.6 is 11.6 Å². The van der Waals surface area contributed by atoms with Crippen LogP contribution in [0, 0.1) is 6.92 Å². The minimum atomic E-state index is -4.95. The average Bonchev–Trinajstić information content (AvgIpc) is 2.07. The van der Waals surface area contributed by atoms with Gasteiger partial charge < -0.3 is 9.72 Å². The van der Waals surface area contributed by atoms with E-state index in [1.807, 2.05) is 4.98 Å². The summed E-state index contributed by atoms with van der Waals surface area (Å²) in [6.07, 6.45) is -4.95. The molecule has 0 saturated heterocycles. The van der Waals surface area contributed by atoms with E-state index in [0.29, 0.717) is 6.07 Å². The minimum absolute atomic E-state index is 0.0745. The van der Waals surface area contributed by atoms with Crippen molar-refractivity contribution in [1.29, 1.82) is 0 Å². The number of alkyl halides is 3. The molecule has 0 bridgehead atoms. The Morgan fingerprint density at radius 1 is 1.50 bits per heavy atom. The number of aromatic nitrogens is 1. The maximum atomic E-state index is 11.8. The Hall–Kier alpha value is -1.50. The molecule has 0 radical (unpaired) electrons. The Morgan fingerprint density at radius 2 is 2.06 bits per heavy atom. The summed E-state index contributed by atoms with van der Waals surface area (Å²) >= 11 is 5.08. The van der Waals surface area contributed by atoms with Crippen LogP contribution in [-0.4, -0.2) is 16.6 Å². The number of halogens is 4. The summed E-state index contributed by atoms with van der Waals surface area (Å²) in [5.74, 6) is -0.882. The predicted molar refractivity (Wildman–Crippen MR) is 48.7 cm³/mol. The van der Waals surface area contributed by atoms with Crippen molar-refractivity contribution >= 4 is 16.8 Å². The number of ether oxygens (including phenoxy) is 1. The molecule has 1 aromatic heterocycles. The SMILES string of the molecule is Cc1c(C(=O)Cl)[nH]c(OC(F)(F)F)cc1=O. The van der Waals surface area contributed by atoms with E-state index in [4.69, 9.17) is 11.6 Å². The number of pyridine rings is 1. The molecular formula is C8H5ClF3NO3. The highest BCUT2D eigenvalue weighted by Gasteiger charge is 2.32. The number of carbonyl (C=O) groups is 1. The van der Waals surface area contributed by atoms with E-state index in [9.17, 15) is 22.8 Å². The molecular weight excluding hydrogens is 251 g/mol. The van der Waals surface area contributed by atoms with Gasteiger partial charge in [0, 0.05) is 11.6 Å². The van der Waals surface area contributed by atoms with E-state index < -0.39 is 28.6 Å². The number of H-pyrrole nitrogens is 1. The van der Waals surface area contributed by atoms with Gasteiger partial charge in [-0.3, -0.25) is 9.59 Å². The van der Waals surface area contributed by atoms with Crippen LogP contribution in [0.5, 0.6) is 5.88 Å². The maximum absolute atomic E-state index is 11.8. The Kier molecular flexibility index (Phi) is 3.27. The van der Waals surface area contributed by atoms with Gasteiger partial charge in [0.15, 0.2) is 5.43 Å². The van der Waals surface area contributed by atoms with E-state index in [0.717, 1.165) is 0 Å². The summed E-state index contributed by atoms with van der Waals surface area (Å²) in [6, 6.07) is 0.589. The van der Waals surface area contributed by atoms with Crippen LogP contribution in [0.4, 0.5) is 13.2 Å². The van der Waals surface area contributed by atoms with E-state index in [1.165, 1.54) is 6.92 Å². The van der Waals surface area contributed by atoms with Crippen molar-refractivity contribution in [1.82, 2.24) is 4.98 Å². The minimum Gasteiger partial charge on any atom is -0.390 e. The molecule has 0 unspecified atom stereocenters. The lowest BCUT2D eigenvalue weighted by Gasteiger charge is -2.09. The second kappa shape index (κ2) is 4.17. The third-order valence-corrected chi connectivity index (χ3v) is 1.87. The van der Waals surface area contributed by atoms with Gasteiger partial charge in [-0.1, -0.05) is 0 Å². The molecule has 16 heavy (non-hydrogen) atoms. The highest BCUT2D eigenvalue weighted by atomic mass is 35.5. The summed E-state index contributed by atoms with van der Waals surface area (Å²) in [6.45, 7) is 1.26. The van der Waals surface area contributed by atoms with Gasteiger partial charge in [-0.2, -0.15) is 0 Å². The molecule has 0 aliphatic rings. The summed E-state index contributed by atoms with van der Waals surface area (Å²) in [7, 11) is 0. The zero-order chi connectivity index (χ0) is 12.5. The fraction of sp³-hybridized carbons (Fsp3) is 0.250. The molecule has 0 amide bonds. The maximum Gasteiger partial charge on any atom is 0.574 e. The molecule has 0 fully saturated rings. The van der Waals surface area contributed by atoms with E-state index in [-0.39, 0.29) is 5.56 Å². The molecule has 88 valence electrons. The highest BCUT2D eigenvalue weighted by molar-refractivity contribution is 6.67. The third kappa shape index (κ3) is 2.99. The van der Waals surface area contributed by atoms with Crippen LogP contribution in [0.2, 0.25) is 0 Å². The average molecular weight is 256 g/mol. The van der Waals surface area contributed by atoms with Gasteiger partial charge in [0.1, 0.15) is 5.69 Å². The molecule has 0 atom stereocenters. The fourth-order valence-corrected chi connectivity index (χ4v) is 1.17.